The van der Waals surface area contributed by atoms with E-state index < -0.39 is 29.7 Å². The zero-order valence-electron chi connectivity index (χ0n) is 15.9. The number of benzene rings is 3. The van der Waals surface area contributed by atoms with Crippen LogP contribution in [0.2, 0.25) is 10.0 Å². The first kappa shape index (κ1) is 21.6. The van der Waals surface area contributed by atoms with Gasteiger partial charge in [0.15, 0.2) is 5.78 Å². The quantitative estimate of drug-likeness (QED) is 0.338. The molecular weight excluding hydrogens is 503 g/mol. The number of Topliss-reactive ketones (excluding diaryl/α,β-unsaturated/α-hetero) is 1. The van der Waals surface area contributed by atoms with Gasteiger partial charge in [-0.2, -0.15) is 0 Å². The first-order valence-electron chi connectivity index (χ1n) is 9.30. The first-order valence-corrected chi connectivity index (χ1v) is 10.9. The van der Waals surface area contributed by atoms with Crippen LogP contribution in [-0.2, 0) is 4.79 Å². The van der Waals surface area contributed by atoms with Crippen LogP contribution in [0, 0.1) is 5.92 Å². The highest BCUT2D eigenvalue weighted by Gasteiger charge is 2.46. The molecule has 0 radical (unpaired) electrons. The van der Waals surface area contributed by atoms with Gasteiger partial charge in [-0.3, -0.25) is 9.59 Å². The van der Waals surface area contributed by atoms with Crippen LogP contribution in [0.4, 0.5) is 10.5 Å². The molecule has 1 aliphatic heterocycles. The molecule has 1 fully saturated rings. The molecule has 3 aromatic rings. The molecule has 0 unspecified atom stereocenters. The average molecular weight is 518 g/mol. The Morgan fingerprint density at radius 2 is 1.52 bits per heavy atom. The molecule has 3 aromatic carbocycles. The Kier molecular flexibility index (Phi) is 6.14. The minimum absolute atomic E-state index is 0.327. The van der Waals surface area contributed by atoms with Gasteiger partial charge in [0.05, 0.1) is 11.7 Å². The number of hydrogen-bond donors (Lipinski definition) is 1. The number of urea groups is 1. The minimum Gasteiger partial charge on any atom is -0.329 e. The summed E-state index contributed by atoms with van der Waals surface area (Å²) in [6, 6.07) is 18.3. The van der Waals surface area contributed by atoms with E-state index in [4.69, 9.17) is 23.2 Å². The van der Waals surface area contributed by atoms with Crippen molar-refractivity contribution in [3.8, 4) is 0 Å². The number of ketones is 1. The van der Waals surface area contributed by atoms with Gasteiger partial charge in [-0.05, 0) is 66.2 Å². The highest BCUT2D eigenvalue weighted by atomic mass is 79.9. The molecule has 1 heterocycles. The van der Waals surface area contributed by atoms with E-state index in [-0.39, 0.29) is 0 Å². The summed E-state index contributed by atoms with van der Waals surface area (Å²) >= 11 is 15.3. The fraction of sp³-hybridized carbons (Fsp3) is 0.0870. The van der Waals surface area contributed by atoms with Gasteiger partial charge in [0.2, 0.25) is 5.91 Å². The minimum atomic E-state index is -1.16. The van der Waals surface area contributed by atoms with Crippen molar-refractivity contribution in [3.05, 3.63) is 98.4 Å². The largest absolute Gasteiger partial charge is 0.329 e. The monoisotopic (exact) mass is 516 g/mol. The predicted molar refractivity (Wildman–Crippen MR) is 124 cm³/mol. The number of hydrogen-bond acceptors (Lipinski definition) is 3. The number of anilines is 1. The number of carbonyl (C=O) groups is 3. The van der Waals surface area contributed by atoms with Gasteiger partial charge in [-0.15, -0.1) is 0 Å². The molecule has 2 atom stereocenters. The van der Waals surface area contributed by atoms with Gasteiger partial charge in [-0.25, -0.2) is 9.69 Å². The number of nitrogens with one attached hydrogen (secondary N) is 1. The Labute approximate surface area is 197 Å². The molecule has 1 aliphatic rings. The van der Waals surface area contributed by atoms with E-state index in [1.165, 1.54) is 0 Å². The fourth-order valence-electron chi connectivity index (χ4n) is 3.53. The number of halogens is 3. The lowest BCUT2D eigenvalue weighted by Gasteiger charge is -2.37. The van der Waals surface area contributed by atoms with Crippen LogP contribution in [0.15, 0.2) is 77.3 Å². The fourth-order valence-corrected chi connectivity index (χ4v) is 4.20. The van der Waals surface area contributed by atoms with Crippen LogP contribution in [0.5, 0.6) is 0 Å². The summed E-state index contributed by atoms with van der Waals surface area (Å²) in [5, 5.41) is 3.78. The Morgan fingerprint density at radius 1 is 0.903 bits per heavy atom. The maximum Gasteiger partial charge on any atom is 0.329 e. The van der Waals surface area contributed by atoms with Crippen molar-refractivity contribution < 1.29 is 14.4 Å². The summed E-state index contributed by atoms with van der Waals surface area (Å²) in [5.74, 6) is -2.19. The van der Waals surface area contributed by atoms with Crippen molar-refractivity contribution in [2.24, 2.45) is 5.92 Å². The topological polar surface area (TPSA) is 66.5 Å². The van der Waals surface area contributed by atoms with Gasteiger partial charge >= 0.3 is 6.03 Å². The second kappa shape index (κ2) is 8.83. The second-order valence-electron chi connectivity index (χ2n) is 6.98. The van der Waals surface area contributed by atoms with E-state index in [1.807, 2.05) is 6.07 Å². The van der Waals surface area contributed by atoms with E-state index in [0.717, 1.165) is 9.37 Å². The van der Waals surface area contributed by atoms with E-state index in [1.54, 1.807) is 66.7 Å². The molecular formula is C23H15BrCl2N2O3. The molecule has 0 spiro atoms. The van der Waals surface area contributed by atoms with Crippen LogP contribution >= 0.6 is 39.1 Å². The van der Waals surface area contributed by atoms with Crippen molar-refractivity contribution >= 4 is 62.5 Å². The lowest BCUT2D eigenvalue weighted by molar-refractivity contribution is -0.121. The summed E-state index contributed by atoms with van der Waals surface area (Å²) in [6.45, 7) is 0. The summed E-state index contributed by atoms with van der Waals surface area (Å²) < 4.78 is 0.768. The van der Waals surface area contributed by atoms with Crippen molar-refractivity contribution in [2.45, 2.75) is 6.04 Å². The van der Waals surface area contributed by atoms with Crippen molar-refractivity contribution in [1.29, 1.82) is 0 Å². The van der Waals surface area contributed by atoms with E-state index in [2.05, 4.69) is 21.2 Å². The van der Waals surface area contributed by atoms with Gasteiger partial charge in [0, 0.05) is 20.1 Å². The van der Waals surface area contributed by atoms with Gasteiger partial charge in [-0.1, -0.05) is 51.3 Å². The molecule has 1 N–H and O–H groups in total. The van der Waals surface area contributed by atoms with Crippen LogP contribution < -0.4 is 10.2 Å². The molecule has 4 rings (SSSR count). The second-order valence-corrected chi connectivity index (χ2v) is 8.77. The molecule has 0 aliphatic carbocycles. The van der Waals surface area contributed by atoms with Gasteiger partial charge < -0.3 is 5.32 Å². The Balaban J connectivity index is 1.79. The highest BCUT2D eigenvalue weighted by Crippen LogP contribution is 2.34. The average Bonchev–Trinajstić information content (AvgIpc) is 2.75. The van der Waals surface area contributed by atoms with E-state index in [9.17, 15) is 14.4 Å². The number of rotatable bonds is 4. The van der Waals surface area contributed by atoms with Gasteiger partial charge in [0.1, 0.15) is 5.92 Å². The van der Waals surface area contributed by atoms with Crippen LogP contribution in [0.1, 0.15) is 22.0 Å². The van der Waals surface area contributed by atoms with Crippen molar-refractivity contribution in [3.63, 3.8) is 0 Å². The first-order chi connectivity index (χ1) is 14.8. The molecule has 1 saturated heterocycles. The maximum absolute atomic E-state index is 13.5. The molecule has 156 valence electrons. The zero-order chi connectivity index (χ0) is 22.1. The normalized spacial score (nSPS) is 18.6. The van der Waals surface area contributed by atoms with Crippen molar-refractivity contribution in [2.75, 3.05) is 4.90 Å². The lowest BCUT2D eigenvalue weighted by Crippen LogP contribution is -2.58. The third kappa shape index (κ3) is 4.37. The predicted octanol–water partition coefficient (Wildman–Crippen LogP) is 6.05. The third-order valence-corrected chi connectivity index (χ3v) is 6.00. The Morgan fingerprint density at radius 3 is 2.13 bits per heavy atom. The molecule has 8 heteroatoms. The number of carbonyl (C=O) groups excluding carboxylic acids is 3. The van der Waals surface area contributed by atoms with Crippen molar-refractivity contribution in [1.82, 2.24) is 5.32 Å². The molecule has 5 nitrogen and oxygen atoms in total. The van der Waals surface area contributed by atoms with Crippen LogP contribution in [0.3, 0.4) is 0 Å². The van der Waals surface area contributed by atoms with Crippen LogP contribution in [0.25, 0.3) is 0 Å². The number of imide groups is 1. The molecule has 0 saturated carbocycles. The molecule has 3 amide bonds. The Bertz CT molecular complexity index is 1170. The smallest absolute Gasteiger partial charge is 0.329 e. The highest BCUT2D eigenvalue weighted by molar-refractivity contribution is 9.10. The maximum atomic E-state index is 13.5. The molecule has 31 heavy (non-hydrogen) atoms. The summed E-state index contributed by atoms with van der Waals surface area (Å²) in [7, 11) is 0. The summed E-state index contributed by atoms with van der Waals surface area (Å²) in [5.41, 5.74) is 1.29. The Hall–Kier alpha value is -2.67. The SMILES string of the molecule is O=C(c1ccc(Cl)cc1)[C@H]1C(=O)N(c2ccc(Cl)cc2)C(=O)N[C@H]1c1cccc(Br)c1. The molecule has 0 aromatic heterocycles. The third-order valence-electron chi connectivity index (χ3n) is 5.01. The summed E-state index contributed by atoms with van der Waals surface area (Å²) in [4.78, 5) is 40.9. The zero-order valence-corrected chi connectivity index (χ0v) is 19.0. The summed E-state index contributed by atoms with van der Waals surface area (Å²) in [6.07, 6.45) is 0. The van der Waals surface area contributed by atoms with E-state index >= 15 is 0 Å². The van der Waals surface area contributed by atoms with E-state index in [0.29, 0.717) is 26.9 Å². The lowest BCUT2D eigenvalue weighted by atomic mass is 9.84. The number of nitrogens with zero attached hydrogens (tertiary/aromatic N) is 1. The number of amides is 3. The standard InChI is InChI=1S/C23H15BrCl2N2O3/c24-15-3-1-2-14(12-15)20-19(21(29)13-4-6-16(25)7-5-13)22(30)28(23(31)27-20)18-10-8-17(26)9-11-18/h1-12,19-20H,(H,27,31)/t19-,20-/m0/s1. The van der Waals surface area contributed by atoms with Gasteiger partial charge in [0.25, 0.3) is 0 Å². The van der Waals surface area contributed by atoms with Crippen LogP contribution in [-0.4, -0.2) is 17.7 Å². The molecule has 0 bridgehead atoms.